The molecule has 2 aromatic rings. The molecule has 0 spiro atoms. The normalized spacial score (nSPS) is 14.9. The van der Waals surface area contributed by atoms with Gasteiger partial charge in [-0.3, -0.25) is 9.48 Å². The number of hydrogen-bond donors (Lipinski definition) is 2. The number of rotatable bonds is 3. The molecule has 88 valence electrons. The maximum Gasteiger partial charge on any atom is 0.252 e. The van der Waals surface area contributed by atoms with Gasteiger partial charge in [-0.1, -0.05) is 0 Å². The molecule has 2 aromatic heterocycles. The molecular formula is C11H13N5O. The molecule has 0 radical (unpaired) electrons. The summed E-state index contributed by atoms with van der Waals surface area (Å²) in [6.45, 7) is 0. The molecule has 0 atom stereocenters. The number of aromatic amines is 1. The Hall–Kier alpha value is -2.11. The maximum absolute atomic E-state index is 11.5. The van der Waals surface area contributed by atoms with Gasteiger partial charge in [0.2, 0.25) is 0 Å². The van der Waals surface area contributed by atoms with Gasteiger partial charge in [-0.25, -0.2) is 4.98 Å². The summed E-state index contributed by atoms with van der Waals surface area (Å²) < 4.78 is 1.69. The first-order chi connectivity index (χ1) is 8.20. The third-order valence-electron chi connectivity index (χ3n) is 2.69. The molecule has 0 aliphatic heterocycles. The molecule has 0 unspecified atom stereocenters. The van der Waals surface area contributed by atoms with E-state index in [2.05, 4.69) is 20.4 Å². The van der Waals surface area contributed by atoms with E-state index >= 15 is 0 Å². The minimum absolute atomic E-state index is 0.125. The van der Waals surface area contributed by atoms with Crippen LogP contribution in [0.2, 0.25) is 0 Å². The lowest BCUT2D eigenvalue weighted by Gasteiger charge is -2.03. The van der Waals surface area contributed by atoms with E-state index in [1.54, 1.807) is 4.68 Å². The van der Waals surface area contributed by atoms with Crippen LogP contribution < -0.4 is 10.9 Å². The molecule has 3 rings (SSSR count). The lowest BCUT2D eigenvalue weighted by Crippen LogP contribution is -2.11. The average Bonchev–Trinajstić information content (AvgIpc) is 3.03. The number of hydrogen-bond acceptors (Lipinski definition) is 4. The summed E-state index contributed by atoms with van der Waals surface area (Å²) in [4.78, 5) is 18.6. The van der Waals surface area contributed by atoms with Gasteiger partial charge in [-0.2, -0.15) is 5.10 Å². The molecule has 0 amide bonds. The number of anilines is 2. The van der Waals surface area contributed by atoms with Crippen molar-refractivity contribution >= 4 is 11.6 Å². The minimum Gasteiger partial charge on any atom is -0.323 e. The van der Waals surface area contributed by atoms with E-state index < -0.39 is 0 Å². The summed E-state index contributed by atoms with van der Waals surface area (Å²) in [7, 11) is 1.84. The largest absolute Gasteiger partial charge is 0.323 e. The van der Waals surface area contributed by atoms with Crippen LogP contribution >= 0.6 is 0 Å². The second-order valence-corrected chi connectivity index (χ2v) is 4.29. The lowest BCUT2D eigenvalue weighted by atomic mass is 10.4. The number of nitrogens with one attached hydrogen (secondary N) is 2. The summed E-state index contributed by atoms with van der Waals surface area (Å²) in [5.74, 6) is 2.44. The topological polar surface area (TPSA) is 75.6 Å². The average molecular weight is 231 g/mol. The van der Waals surface area contributed by atoms with Crippen LogP contribution in [-0.2, 0) is 7.05 Å². The monoisotopic (exact) mass is 231 g/mol. The first-order valence-electron chi connectivity index (χ1n) is 5.58. The summed E-state index contributed by atoms with van der Waals surface area (Å²) in [5, 5.41) is 7.20. The Bertz CT molecular complexity index is 596. The molecule has 0 aromatic carbocycles. The van der Waals surface area contributed by atoms with Crippen LogP contribution in [0.4, 0.5) is 11.6 Å². The summed E-state index contributed by atoms with van der Waals surface area (Å²) in [5.41, 5.74) is -0.125. The number of aryl methyl sites for hydroxylation is 1. The quantitative estimate of drug-likeness (QED) is 0.830. The van der Waals surface area contributed by atoms with Gasteiger partial charge in [-0.15, -0.1) is 0 Å². The smallest absolute Gasteiger partial charge is 0.252 e. The van der Waals surface area contributed by atoms with E-state index in [1.165, 1.54) is 6.07 Å². The summed E-state index contributed by atoms with van der Waals surface area (Å²) in [6, 6.07) is 3.28. The molecule has 0 bridgehead atoms. The Morgan fingerprint density at radius 3 is 2.94 bits per heavy atom. The van der Waals surface area contributed by atoms with Gasteiger partial charge < -0.3 is 10.3 Å². The molecule has 17 heavy (non-hydrogen) atoms. The first kappa shape index (κ1) is 10.1. The minimum atomic E-state index is -0.125. The van der Waals surface area contributed by atoms with Gasteiger partial charge in [-0.05, 0) is 12.8 Å². The summed E-state index contributed by atoms with van der Waals surface area (Å²) in [6.07, 6.45) is 4.04. The molecule has 6 nitrogen and oxygen atoms in total. The van der Waals surface area contributed by atoms with E-state index in [0.29, 0.717) is 17.6 Å². The predicted molar refractivity (Wildman–Crippen MR) is 63.3 cm³/mol. The van der Waals surface area contributed by atoms with Crippen molar-refractivity contribution < 1.29 is 0 Å². The van der Waals surface area contributed by atoms with Crippen molar-refractivity contribution in [2.45, 2.75) is 18.8 Å². The Morgan fingerprint density at radius 2 is 2.29 bits per heavy atom. The fourth-order valence-corrected chi connectivity index (χ4v) is 1.70. The molecule has 2 N–H and O–H groups in total. The fraction of sp³-hybridized carbons (Fsp3) is 0.364. The molecule has 1 aliphatic rings. The van der Waals surface area contributed by atoms with Crippen molar-refractivity contribution in [3.05, 3.63) is 34.5 Å². The van der Waals surface area contributed by atoms with E-state index in [9.17, 15) is 4.79 Å². The number of aromatic nitrogens is 4. The Labute approximate surface area is 97.7 Å². The highest BCUT2D eigenvalue weighted by Gasteiger charge is 2.26. The van der Waals surface area contributed by atoms with Crippen LogP contribution in [0, 0.1) is 0 Å². The number of H-pyrrole nitrogens is 1. The van der Waals surface area contributed by atoms with Gasteiger partial charge in [0, 0.05) is 31.3 Å². The van der Waals surface area contributed by atoms with E-state index in [-0.39, 0.29) is 5.56 Å². The van der Waals surface area contributed by atoms with Crippen molar-refractivity contribution in [3.8, 4) is 0 Å². The van der Waals surface area contributed by atoms with Crippen molar-refractivity contribution in [2.75, 3.05) is 5.32 Å². The fourth-order valence-electron chi connectivity index (χ4n) is 1.70. The van der Waals surface area contributed by atoms with Crippen LogP contribution in [0.5, 0.6) is 0 Å². The maximum atomic E-state index is 11.5. The third-order valence-corrected chi connectivity index (χ3v) is 2.69. The lowest BCUT2D eigenvalue weighted by molar-refractivity contribution is 0.771. The molecule has 6 heteroatoms. The predicted octanol–water partition coefficient (Wildman–Crippen LogP) is 1.12. The van der Waals surface area contributed by atoms with Crippen LogP contribution in [0.1, 0.15) is 24.6 Å². The highest BCUT2D eigenvalue weighted by Crippen LogP contribution is 2.37. The van der Waals surface area contributed by atoms with E-state index in [0.717, 1.165) is 18.7 Å². The molecule has 2 heterocycles. The van der Waals surface area contributed by atoms with Gasteiger partial charge >= 0.3 is 0 Å². The summed E-state index contributed by atoms with van der Waals surface area (Å²) >= 11 is 0. The van der Waals surface area contributed by atoms with Crippen LogP contribution in [-0.4, -0.2) is 19.7 Å². The van der Waals surface area contributed by atoms with Crippen molar-refractivity contribution in [2.24, 2.45) is 7.05 Å². The SMILES string of the molecule is Cn1ccc(Nc2cc(=O)[nH]c(C3CC3)n2)n1. The molecule has 1 fully saturated rings. The first-order valence-corrected chi connectivity index (χ1v) is 5.58. The van der Waals surface area contributed by atoms with Crippen molar-refractivity contribution in [1.29, 1.82) is 0 Å². The Balaban J connectivity index is 1.89. The van der Waals surface area contributed by atoms with Gasteiger partial charge in [0.15, 0.2) is 5.82 Å². The van der Waals surface area contributed by atoms with Gasteiger partial charge in [0.25, 0.3) is 5.56 Å². The standard InChI is InChI=1S/C11H13N5O/c1-16-5-4-8(15-16)12-9-6-10(17)14-11(13-9)7-2-3-7/h4-7H,2-3H2,1H3,(H2,12,13,14,15,17). The third kappa shape index (κ3) is 2.20. The second-order valence-electron chi connectivity index (χ2n) is 4.29. The van der Waals surface area contributed by atoms with E-state index in [4.69, 9.17) is 0 Å². The number of nitrogens with zero attached hydrogens (tertiary/aromatic N) is 3. The molecule has 1 saturated carbocycles. The highest BCUT2D eigenvalue weighted by atomic mass is 16.1. The molecule has 0 saturated heterocycles. The second kappa shape index (κ2) is 3.73. The van der Waals surface area contributed by atoms with Crippen LogP contribution in [0.15, 0.2) is 23.1 Å². The Kier molecular flexibility index (Phi) is 2.21. The molecule has 1 aliphatic carbocycles. The van der Waals surface area contributed by atoms with Crippen molar-refractivity contribution in [3.63, 3.8) is 0 Å². The van der Waals surface area contributed by atoms with Crippen molar-refractivity contribution in [1.82, 2.24) is 19.7 Å². The zero-order valence-corrected chi connectivity index (χ0v) is 9.47. The Morgan fingerprint density at radius 1 is 1.47 bits per heavy atom. The van der Waals surface area contributed by atoms with Gasteiger partial charge in [0.05, 0.1) is 0 Å². The van der Waals surface area contributed by atoms with Crippen LogP contribution in [0.25, 0.3) is 0 Å². The highest BCUT2D eigenvalue weighted by molar-refractivity contribution is 5.50. The van der Waals surface area contributed by atoms with Gasteiger partial charge in [0.1, 0.15) is 11.6 Å². The zero-order chi connectivity index (χ0) is 11.8. The molecular weight excluding hydrogens is 218 g/mol. The zero-order valence-electron chi connectivity index (χ0n) is 9.47. The van der Waals surface area contributed by atoms with Crippen LogP contribution in [0.3, 0.4) is 0 Å². The van der Waals surface area contributed by atoms with E-state index in [1.807, 2.05) is 19.3 Å².